The quantitative estimate of drug-likeness (QED) is 0.0895. The van der Waals surface area contributed by atoms with E-state index in [2.05, 4.69) is 0 Å². The van der Waals surface area contributed by atoms with Gasteiger partial charge in [0.25, 0.3) is 0 Å². The molecule has 76 heavy (non-hydrogen) atoms. The van der Waals surface area contributed by atoms with Crippen LogP contribution in [0.25, 0.3) is 0 Å². The van der Waals surface area contributed by atoms with Gasteiger partial charge in [0.05, 0.1) is 68.5 Å². The largest absolute Gasteiger partial charge is 0.179 e. The molecule has 0 saturated carbocycles. The van der Waals surface area contributed by atoms with E-state index in [0.29, 0.717) is 0 Å². The van der Waals surface area contributed by atoms with Gasteiger partial charge in [-0.15, -0.1) is 0 Å². The topological polar surface area (TPSA) is 0 Å². The lowest BCUT2D eigenvalue weighted by Crippen LogP contribution is -2.74. The van der Waals surface area contributed by atoms with Crippen molar-refractivity contribution in [2.75, 3.05) is 0 Å². The summed E-state index contributed by atoms with van der Waals surface area (Å²) >= 11 is 0. The summed E-state index contributed by atoms with van der Waals surface area (Å²) < 4.78 is 430. The lowest BCUT2D eigenvalue weighted by Gasteiger charge is -2.34. The molecule has 0 N–H and O–H groups in total. The molecule has 0 amide bonds. The number of hydrogen-bond acceptors (Lipinski definition) is 0. The van der Waals surface area contributed by atoms with Crippen LogP contribution in [0.5, 0.6) is 0 Å². The summed E-state index contributed by atoms with van der Waals surface area (Å²) in [5, 5.41) is -7.04. The van der Waals surface area contributed by atoms with Gasteiger partial charge in [-0.3, -0.25) is 0 Å². The fourth-order valence-electron chi connectivity index (χ4n) is 7.69. The van der Waals surface area contributed by atoms with Gasteiger partial charge in [-0.1, -0.05) is 344 Å². The zero-order valence-electron chi connectivity index (χ0n) is 90.5. The molecule has 0 nitrogen and oxygen atoms in total. The Morgan fingerprint density at radius 2 is 0.408 bits per heavy atom. The summed E-state index contributed by atoms with van der Waals surface area (Å²) in [6.07, 6.45) is 0. The first kappa shape index (κ1) is 19.6. The van der Waals surface area contributed by atoms with Crippen molar-refractivity contribution in [3.05, 3.63) is 330 Å². The van der Waals surface area contributed by atoms with E-state index in [1.807, 2.05) is 0 Å². The number of rotatable bonds is 11. The predicted molar refractivity (Wildman–Crippen MR) is 340 cm³/mol. The van der Waals surface area contributed by atoms with Crippen LogP contribution in [0.4, 0.5) is 0 Å². The Hall–Kier alpha value is -7.93. The minimum Gasteiger partial charge on any atom is -0.0776 e. The fraction of sp³-hybridized carbons (Fsp3) is 0.0959. The number of hydrogen-bond donors (Lipinski definition) is 0. The second-order valence-electron chi connectivity index (χ2n) is 16.1. The van der Waals surface area contributed by atoms with Gasteiger partial charge >= 0.3 is 0 Å². The first-order valence-electron chi connectivity index (χ1n) is 47.2. The zero-order chi connectivity index (χ0) is 95.6. The highest BCUT2D eigenvalue weighted by molar-refractivity contribution is 7.20. The Morgan fingerprint density at radius 1 is 0.211 bits per heavy atom. The smallest absolute Gasteiger partial charge is 0.0776 e. The standard InChI is InChI=1S/2C26H24Si.C20H20Si.CH4/c1-21-11-9-17-25(19-21)27(23-13-5-3-6-14-23,24-15-7-4-8-16-24)26-18-10-12-22(2)20-26;1-21-16-18-25(19-17-21)27(23-11-5-3-6-12-23,24-13-7-4-8-14-24)26-15-9-10-22(2)20-26;1-17-13-15-20(16-14-17)21(2,18-9-5-3-6-10-18)19-11-7-4-8-12-19;/h2*3-20H,1-2H3;3-16H,1-2H3;1H4/i2*3D,4D,5D,6D,7D,8D,9D,10D,11D,12D,13D,14D,15D,16D,17D,18D,19D,20D;3D,4D,5D,6D,7D,8D,9D,10D,11D,12D,13D,14D,15D,16D;. The highest BCUT2D eigenvalue weighted by Gasteiger charge is 2.43. The first-order chi connectivity index (χ1) is 57.4. The van der Waals surface area contributed by atoms with E-state index in [1.54, 1.807) is 0 Å². The molecule has 0 unspecified atom stereocenters. The maximum Gasteiger partial charge on any atom is 0.179 e. The Morgan fingerprint density at radius 3 is 0.684 bits per heavy atom. The molecule has 11 aromatic carbocycles. The van der Waals surface area contributed by atoms with Gasteiger partial charge in [0.15, 0.2) is 16.1 Å². The molecular weight excluding hydrogens is 961 g/mol. The van der Waals surface area contributed by atoms with Gasteiger partial charge in [-0.05, 0) is 91.7 Å². The maximum atomic E-state index is 9.15. The molecule has 0 saturated heterocycles. The van der Waals surface area contributed by atoms with E-state index in [1.165, 1.54) is 41.2 Å². The third kappa shape index (κ3) is 11.5. The third-order valence-electron chi connectivity index (χ3n) is 11.2. The van der Waals surface area contributed by atoms with Crippen LogP contribution in [-0.2, 0) is 0 Å². The summed E-state index contributed by atoms with van der Waals surface area (Å²) in [6.45, 7) is 7.69. The molecule has 0 atom stereocenters. The van der Waals surface area contributed by atoms with Crippen molar-refractivity contribution in [1.82, 2.24) is 0 Å². The molecule has 11 aromatic rings. The summed E-state index contributed by atoms with van der Waals surface area (Å²) in [5.41, 5.74) is -0.858. The van der Waals surface area contributed by atoms with Crippen LogP contribution < -0.4 is 57.1 Å². The molecule has 0 aromatic heterocycles. The second-order valence-corrected chi connectivity index (χ2v) is 26.9. The monoisotopic (exact) mass is 1080 g/mol. The Labute approximate surface area is 528 Å². The molecule has 0 aliphatic carbocycles. The highest BCUT2D eigenvalue weighted by Crippen LogP contribution is 2.14. The first-order valence-corrected chi connectivity index (χ1v) is 28.8. The van der Waals surface area contributed by atoms with Crippen molar-refractivity contribution in [3.8, 4) is 0 Å². The lowest BCUT2D eigenvalue weighted by atomic mass is 10.2. The van der Waals surface area contributed by atoms with E-state index < -0.39 is 378 Å². The van der Waals surface area contributed by atoms with Crippen LogP contribution in [-0.4, -0.2) is 24.2 Å². The molecule has 3 heteroatoms. The lowest BCUT2D eigenvalue weighted by molar-refractivity contribution is 1.48. The molecule has 0 radical (unpaired) electrons. The summed E-state index contributed by atoms with van der Waals surface area (Å²) in [4.78, 5) is 0. The molecule has 376 valence electrons. The molecule has 0 spiro atoms. The van der Waals surface area contributed by atoms with Gasteiger partial charge in [-0.2, -0.15) is 0 Å². The minimum absolute atomic E-state index is 0. The van der Waals surface area contributed by atoms with Crippen LogP contribution in [0.2, 0.25) is 6.55 Å². The minimum atomic E-state index is -5.59. The van der Waals surface area contributed by atoms with Crippen LogP contribution >= 0.6 is 0 Å². The molecule has 0 heterocycles. The summed E-state index contributed by atoms with van der Waals surface area (Å²) in [6, 6.07) is -40.0. The fourth-order valence-corrected chi connectivity index (χ4v) is 17.7. The van der Waals surface area contributed by atoms with E-state index >= 15 is 0 Å². The van der Waals surface area contributed by atoms with Crippen molar-refractivity contribution in [1.29, 1.82) is 0 Å². The Balaban J connectivity index is 0.000000235. The van der Waals surface area contributed by atoms with Crippen LogP contribution in [0.3, 0.4) is 0 Å². The SMILES string of the molecule is C.[2H]c1c([2H])c([2H])c([Si](C)(c2c([2H])c([2H])c([2H])c([2H])c2[2H])c2c([2H])c([2H])c(C)c([2H])c2[2H])c([2H])c1[2H].[2H]c1c([2H])c([2H])c([Si](c2c([2H])c([2H])c([2H])c([2H])c2[2H])(c2c([2H])c([2H])c(C)c([2H])c2[2H])c2c([2H])c([2H])c([2H])c(C)c2[2H])c([2H])c1[2H].[2H]c1c([2H])c([2H])c([Si](c2c([2H])c([2H])c([2H])c([2H])c2[2H])(c2c([2H])c([2H])c([2H])c(C)c2[2H])c2c([2H])c([2H])c([2H])c(C)c2[2H])c([2H])c1[2H]. The zero-order valence-corrected chi connectivity index (χ0v) is 43.5. The van der Waals surface area contributed by atoms with Gasteiger partial charge in [-0.25, -0.2) is 0 Å². The van der Waals surface area contributed by atoms with Gasteiger partial charge < -0.3 is 0 Å². The normalized spacial score (nSPS) is 20.4. The summed E-state index contributed by atoms with van der Waals surface area (Å²) in [5.74, 6) is 0. The second kappa shape index (κ2) is 25.1. The van der Waals surface area contributed by atoms with Crippen LogP contribution in [0.15, 0.2) is 302 Å². The highest BCUT2D eigenvalue weighted by atomic mass is 28.3. The third-order valence-corrected chi connectivity index (χ3v) is 23.0. The molecule has 0 fully saturated rings. The van der Waals surface area contributed by atoms with E-state index in [9.17, 15) is 0 Å². The molecule has 0 aliphatic heterocycles. The average Bonchev–Trinajstić information content (AvgIpc) is 0.686. The van der Waals surface area contributed by atoms with Gasteiger partial charge in [0.2, 0.25) is 0 Å². The Bertz CT molecular complexity index is 5240. The van der Waals surface area contributed by atoms with Crippen LogP contribution in [0, 0.1) is 34.6 Å². The predicted octanol–water partition coefficient (Wildman–Crippen LogP) is 11.1. The van der Waals surface area contributed by atoms with Crippen molar-refractivity contribution in [2.45, 2.75) is 48.6 Å². The maximum absolute atomic E-state index is 9.15. The average molecular weight is 1080 g/mol. The molecule has 11 rings (SSSR count). The van der Waals surface area contributed by atoms with Crippen molar-refractivity contribution >= 4 is 81.3 Å². The molecular formula is C73H72Si3. The number of benzene rings is 11. The Kier molecular flexibility index (Phi) is 6.46. The van der Waals surface area contributed by atoms with E-state index in [-0.39, 0.29) is 40.4 Å². The van der Waals surface area contributed by atoms with Gasteiger partial charge in [0, 0.05) is 0 Å². The van der Waals surface area contributed by atoms with Crippen molar-refractivity contribution < 1.29 is 68.5 Å². The molecule has 0 aliphatic rings. The van der Waals surface area contributed by atoms with Crippen LogP contribution in [0.1, 0.15) is 104 Å². The molecule has 0 bridgehead atoms. The van der Waals surface area contributed by atoms with Crippen molar-refractivity contribution in [3.63, 3.8) is 0 Å². The van der Waals surface area contributed by atoms with Gasteiger partial charge in [0.1, 0.15) is 8.07 Å². The summed E-state index contributed by atoms with van der Waals surface area (Å²) in [7, 11) is -15.6. The van der Waals surface area contributed by atoms with Crippen molar-refractivity contribution in [2.24, 2.45) is 0 Å². The van der Waals surface area contributed by atoms with E-state index in [4.69, 9.17) is 68.5 Å². The van der Waals surface area contributed by atoms with E-state index in [0.717, 1.165) is 0 Å².